The Bertz CT molecular complexity index is 786. The molecule has 2 unspecified atom stereocenters. The lowest BCUT2D eigenvalue weighted by atomic mass is 9.67. The Morgan fingerprint density at radius 1 is 1.18 bits per heavy atom. The third-order valence-corrected chi connectivity index (χ3v) is 7.58. The number of sulfonamides is 1. The van der Waals surface area contributed by atoms with Crippen LogP contribution >= 0.6 is 12.4 Å². The van der Waals surface area contributed by atoms with Gasteiger partial charge in [-0.1, -0.05) is 18.6 Å². The van der Waals surface area contributed by atoms with Crippen LogP contribution in [0.2, 0.25) is 0 Å². The number of halogens is 1. The van der Waals surface area contributed by atoms with Gasteiger partial charge in [-0.05, 0) is 68.6 Å². The maximum Gasteiger partial charge on any atom is 0.240 e. The Balaban J connectivity index is 0.00000280. The molecular weight excluding hydrogens is 398 g/mol. The van der Waals surface area contributed by atoms with E-state index in [9.17, 15) is 13.2 Å². The summed E-state index contributed by atoms with van der Waals surface area (Å²) < 4.78 is 27.6. The van der Waals surface area contributed by atoms with Crippen LogP contribution in [-0.2, 0) is 14.8 Å². The second kappa shape index (κ2) is 9.57. The summed E-state index contributed by atoms with van der Waals surface area (Å²) in [5, 5.41) is 3.16. The van der Waals surface area contributed by atoms with Gasteiger partial charge in [0.05, 0.1) is 4.90 Å². The zero-order chi connectivity index (χ0) is 19.6. The molecule has 0 radical (unpaired) electrons. The highest BCUT2D eigenvalue weighted by Gasteiger charge is 2.39. The maximum atomic E-state index is 12.5. The summed E-state index contributed by atoms with van der Waals surface area (Å²) in [7, 11) is -3.61. The quantitative estimate of drug-likeness (QED) is 0.646. The Labute approximate surface area is 174 Å². The fraction of sp³-hybridized carbons (Fsp3) is 0.650. The van der Waals surface area contributed by atoms with Gasteiger partial charge in [-0.3, -0.25) is 4.79 Å². The van der Waals surface area contributed by atoms with Crippen LogP contribution in [-0.4, -0.2) is 33.0 Å². The highest BCUT2D eigenvalue weighted by atomic mass is 35.5. The van der Waals surface area contributed by atoms with E-state index in [2.05, 4.69) is 10.0 Å². The molecule has 1 aromatic rings. The lowest BCUT2D eigenvalue weighted by molar-refractivity contribution is -0.123. The van der Waals surface area contributed by atoms with Gasteiger partial charge < -0.3 is 11.1 Å². The number of aryl methyl sites for hydroxylation is 2. The van der Waals surface area contributed by atoms with Gasteiger partial charge in [0.25, 0.3) is 0 Å². The topological polar surface area (TPSA) is 101 Å². The van der Waals surface area contributed by atoms with Gasteiger partial charge in [-0.15, -0.1) is 12.4 Å². The number of hydrogen-bond donors (Lipinski definition) is 3. The number of hydrogen-bond acceptors (Lipinski definition) is 4. The molecule has 0 saturated heterocycles. The lowest BCUT2D eigenvalue weighted by Crippen LogP contribution is -2.54. The molecule has 1 amide bonds. The summed E-state index contributed by atoms with van der Waals surface area (Å²) in [4.78, 5) is 12.7. The summed E-state index contributed by atoms with van der Waals surface area (Å²) in [5.74, 6) is 0.835. The van der Waals surface area contributed by atoms with Gasteiger partial charge in [0.1, 0.15) is 0 Å². The first-order chi connectivity index (χ1) is 12.8. The molecule has 2 saturated carbocycles. The number of nitrogens with two attached hydrogens (primary N) is 1. The van der Waals surface area contributed by atoms with E-state index in [4.69, 9.17) is 5.73 Å². The summed E-state index contributed by atoms with van der Waals surface area (Å²) >= 11 is 0. The van der Waals surface area contributed by atoms with E-state index in [0.29, 0.717) is 17.4 Å². The second-order valence-electron chi connectivity index (χ2n) is 8.19. The molecule has 2 fully saturated rings. The van der Waals surface area contributed by atoms with Crippen molar-refractivity contribution in [2.24, 2.45) is 17.6 Å². The third kappa shape index (κ3) is 5.47. The van der Waals surface area contributed by atoms with Crippen LogP contribution in [0.5, 0.6) is 0 Å². The third-order valence-electron chi connectivity index (χ3n) is 5.98. The van der Waals surface area contributed by atoms with E-state index in [0.717, 1.165) is 31.2 Å². The largest absolute Gasteiger partial charge is 0.353 e. The molecule has 1 aromatic carbocycles. The minimum absolute atomic E-state index is 0. The molecular formula is C20H32ClN3O3S. The zero-order valence-corrected chi connectivity index (χ0v) is 18.2. The van der Waals surface area contributed by atoms with Crippen molar-refractivity contribution in [1.29, 1.82) is 0 Å². The smallest absolute Gasteiger partial charge is 0.240 e. The Morgan fingerprint density at radius 3 is 2.46 bits per heavy atom. The highest BCUT2D eigenvalue weighted by Crippen LogP contribution is 2.39. The average molecular weight is 430 g/mol. The Hall–Kier alpha value is -1.15. The monoisotopic (exact) mass is 429 g/mol. The maximum absolute atomic E-state index is 12.5. The van der Waals surface area contributed by atoms with Crippen LogP contribution in [0.3, 0.4) is 0 Å². The van der Waals surface area contributed by atoms with Crippen molar-refractivity contribution >= 4 is 28.3 Å². The standard InChI is InChI=1S/C20H31N3O3S.ClH/c1-13-6-7-14(2)18(10-13)27(25,26)22-9-8-19(24)23-20-15-4-3-5-16(20)12-17(21)11-15;/h6-7,10,15-17,20,22H,3-5,8-9,11-12,21H2,1-2H3,(H,23,24);1H. The predicted molar refractivity (Wildman–Crippen MR) is 113 cm³/mol. The molecule has 2 aliphatic carbocycles. The van der Waals surface area contributed by atoms with Gasteiger partial charge in [0.15, 0.2) is 0 Å². The molecule has 6 nitrogen and oxygen atoms in total. The number of amides is 1. The van der Waals surface area contributed by atoms with E-state index >= 15 is 0 Å². The van der Waals surface area contributed by atoms with E-state index < -0.39 is 10.0 Å². The van der Waals surface area contributed by atoms with Crippen molar-refractivity contribution < 1.29 is 13.2 Å². The SMILES string of the molecule is Cc1ccc(C)c(S(=O)(=O)NCCC(=O)NC2C3CCCC2CC(N)C3)c1.Cl. The van der Waals surface area contributed by atoms with E-state index in [1.165, 1.54) is 6.42 Å². The molecule has 2 aliphatic rings. The minimum Gasteiger partial charge on any atom is -0.353 e. The van der Waals surface area contributed by atoms with Crippen LogP contribution in [0.25, 0.3) is 0 Å². The average Bonchev–Trinajstić information content (AvgIpc) is 2.57. The second-order valence-corrected chi connectivity index (χ2v) is 9.93. The first-order valence-corrected chi connectivity index (χ1v) is 11.4. The fourth-order valence-electron chi connectivity index (χ4n) is 4.66. The zero-order valence-electron chi connectivity index (χ0n) is 16.6. The summed E-state index contributed by atoms with van der Waals surface area (Å²) in [6.07, 6.45) is 5.54. The number of carbonyl (C=O) groups is 1. The first-order valence-electron chi connectivity index (χ1n) is 9.88. The van der Waals surface area contributed by atoms with Crippen molar-refractivity contribution in [3.63, 3.8) is 0 Å². The minimum atomic E-state index is -3.61. The molecule has 8 heteroatoms. The van der Waals surface area contributed by atoms with Gasteiger partial charge in [-0.25, -0.2) is 13.1 Å². The van der Waals surface area contributed by atoms with Crippen molar-refractivity contribution in [2.45, 2.75) is 69.4 Å². The van der Waals surface area contributed by atoms with Gasteiger partial charge in [0, 0.05) is 25.0 Å². The van der Waals surface area contributed by atoms with E-state index in [1.807, 2.05) is 13.0 Å². The summed E-state index contributed by atoms with van der Waals surface area (Å²) in [6, 6.07) is 5.78. The van der Waals surface area contributed by atoms with Gasteiger partial charge in [-0.2, -0.15) is 0 Å². The number of carbonyl (C=O) groups excluding carboxylic acids is 1. The van der Waals surface area contributed by atoms with Crippen LogP contribution < -0.4 is 15.8 Å². The molecule has 2 atom stereocenters. The fourth-order valence-corrected chi connectivity index (χ4v) is 6.02. The molecule has 3 rings (SSSR count). The number of nitrogens with one attached hydrogen (secondary N) is 2. The van der Waals surface area contributed by atoms with Crippen molar-refractivity contribution in [3.8, 4) is 0 Å². The van der Waals surface area contributed by atoms with Crippen LogP contribution in [0.15, 0.2) is 23.1 Å². The number of rotatable bonds is 6. The molecule has 158 valence electrons. The van der Waals surface area contributed by atoms with Crippen molar-refractivity contribution in [1.82, 2.24) is 10.0 Å². The molecule has 0 spiro atoms. The molecule has 4 N–H and O–H groups in total. The predicted octanol–water partition coefficient (Wildman–Crippen LogP) is 2.42. The Kier molecular flexibility index (Phi) is 7.90. The molecule has 0 heterocycles. The summed E-state index contributed by atoms with van der Waals surface area (Å²) in [6.45, 7) is 3.73. The van der Waals surface area contributed by atoms with Crippen LogP contribution in [0.4, 0.5) is 0 Å². The molecule has 0 aromatic heterocycles. The van der Waals surface area contributed by atoms with Crippen molar-refractivity contribution in [2.75, 3.05) is 6.54 Å². The molecule has 0 aliphatic heterocycles. The number of fused-ring (bicyclic) bond motifs is 2. The summed E-state index contributed by atoms with van der Waals surface area (Å²) in [5.41, 5.74) is 7.72. The van der Waals surface area contributed by atoms with E-state index in [-0.39, 0.29) is 48.3 Å². The van der Waals surface area contributed by atoms with Crippen LogP contribution in [0.1, 0.15) is 49.7 Å². The van der Waals surface area contributed by atoms with Crippen LogP contribution in [0, 0.1) is 25.7 Å². The highest BCUT2D eigenvalue weighted by molar-refractivity contribution is 7.89. The molecule has 2 bridgehead atoms. The van der Waals surface area contributed by atoms with Gasteiger partial charge >= 0.3 is 0 Å². The molecule has 28 heavy (non-hydrogen) atoms. The van der Waals surface area contributed by atoms with Crippen molar-refractivity contribution in [3.05, 3.63) is 29.3 Å². The normalized spacial score (nSPS) is 27.0. The van der Waals surface area contributed by atoms with Gasteiger partial charge in [0.2, 0.25) is 15.9 Å². The van der Waals surface area contributed by atoms with E-state index in [1.54, 1.807) is 19.1 Å². The lowest BCUT2D eigenvalue weighted by Gasteiger charge is -2.45. The number of benzene rings is 1. The first kappa shape index (κ1) is 23.1. The Morgan fingerprint density at radius 2 is 1.82 bits per heavy atom.